The van der Waals surface area contributed by atoms with E-state index in [1.165, 1.54) is 0 Å². The smallest absolute Gasteiger partial charge is 0.223 e. The fourth-order valence-corrected chi connectivity index (χ4v) is 2.46. The van der Waals surface area contributed by atoms with Gasteiger partial charge in [-0.25, -0.2) is 4.98 Å². The summed E-state index contributed by atoms with van der Waals surface area (Å²) in [7, 11) is 0. The highest BCUT2D eigenvalue weighted by Gasteiger charge is 2.33. The van der Waals surface area contributed by atoms with Crippen LogP contribution in [-0.4, -0.2) is 21.6 Å². The zero-order valence-corrected chi connectivity index (χ0v) is 11.5. The third-order valence-electron chi connectivity index (χ3n) is 3.63. The van der Waals surface area contributed by atoms with Crippen LogP contribution in [-0.2, 0) is 10.3 Å². The van der Waals surface area contributed by atoms with E-state index in [4.69, 9.17) is 10.5 Å². The minimum Gasteiger partial charge on any atom is -0.368 e. The highest BCUT2D eigenvalue weighted by atomic mass is 16.5. The van der Waals surface area contributed by atoms with Gasteiger partial charge in [0.25, 0.3) is 0 Å². The summed E-state index contributed by atoms with van der Waals surface area (Å²) < 4.78 is 5.89. The maximum absolute atomic E-state index is 5.89. The van der Waals surface area contributed by atoms with Crippen LogP contribution < -0.4 is 5.73 Å². The first kappa shape index (κ1) is 13.0. The lowest BCUT2D eigenvalue weighted by atomic mass is 9.95. The van der Waals surface area contributed by atoms with E-state index in [2.05, 4.69) is 15.0 Å². The van der Waals surface area contributed by atoms with Gasteiger partial charge < -0.3 is 10.5 Å². The number of rotatable bonds is 2. The maximum Gasteiger partial charge on any atom is 0.223 e. The van der Waals surface area contributed by atoms with Crippen LogP contribution in [0.4, 0.5) is 5.95 Å². The van der Waals surface area contributed by atoms with Gasteiger partial charge in [-0.2, -0.15) is 9.97 Å². The van der Waals surface area contributed by atoms with Crippen LogP contribution in [0.15, 0.2) is 30.3 Å². The van der Waals surface area contributed by atoms with Crippen molar-refractivity contribution in [3.63, 3.8) is 0 Å². The monoisotopic (exact) mass is 270 g/mol. The molecule has 3 rings (SSSR count). The zero-order valence-electron chi connectivity index (χ0n) is 11.5. The van der Waals surface area contributed by atoms with Gasteiger partial charge in [-0.3, -0.25) is 0 Å². The predicted molar refractivity (Wildman–Crippen MR) is 76.8 cm³/mol. The molecule has 2 heterocycles. The van der Waals surface area contributed by atoms with Gasteiger partial charge in [-0.05, 0) is 26.2 Å². The van der Waals surface area contributed by atoms with Crippen LogP contribution in [0, 0.1) is 0 Å². The van der Waals surface area contributed by atoms with Crippen molar-refractivity contribution in [2.24, 2.45) is 0 Å². The molecule has 2 aromatic rings. The Labute approximate surface area is 118 Å². The lowest BCUT2D eigenvalue weighted by Gasteiger charge is -2.32. The molecule has 2 N–H and O–H groups in total. The van der Waals surface area contributed by atoms with Crippen molar-refractivity contribution in [3.8, 4) is 11.4 Å². The lowest BCUT2D eigenvalue weighted by Crippen LogP contribution is -2.33. The van der Waals surface area contributed by atoms with E-state index >= 15 is 0 Å². The Balaban J connectivity index is 2.03. The van der Waals surface area contributed by atoms with Crippen molar-refractivity contribution >= 4 is 5.95 Å². The van der Waals surface area contributed by atoms with Crippen molar-refractivity contribution in [1.82, 2.24) is 15.0 Å². The van der Waals surface area contributed by atoms with Gasteiger partial charge in [0.2, 0.25) is 5.95 Å². The van der Waals surface area contributed by atoms with Gasteiger partial charge in [-0.1, -0.05) is 30.3 Å². The first-order chi connectivity index (χ1) is 9.67. The third-order valence-corrected chi connectivity index (χ3v) is 3.63. The Kier molecular flexibility index (Phi) is 3.36. The Morgan fingerprint density at radius 2 is 1.90 bits per heavy atom. The summed E-state index contributed by atoms with van der Waals surface area (Å²) >= 11 is 0. The van der Waals surface area contributed by atoms with Crippen LogP contribution >= 0.6 is 0 Å². The number of anilines is 1. The molecule has 0 spiro atoms. The average molecular weight is 270 g/mol. The molecule has 0 bridgehead atoms. The number of ether oxygens (including phenoxy) is 1. The van der Waals surface area contributed by atoms with Crippen molar-refractivity contribution in [1.29, 1.82) is 0 Å². The van der Waals surface area contributed by atoms with Gasteiger partial charge in [0.1, 0.15) is 5.60 Å². The van der Waals surface area contributed by atoms with E-state index in [0.717, 1.165) is 31.4 Å². The largest absolute Gasteiger partial charge is 0.368 e. The van der Waals surface area contributed by atoms with Crippen LogP contribution in [0.3, 0.4) is 0 Å². The predicted octanol–water partition coefficient (Wildman–Crippen LogP) is 2.54. The number of nitrogens with zero attached hydrogens (tertiary/aromatic N) is 3. The summed E-state index contributed by atoms with van der Waals surface area (Å²) in [6.45, 7) is 2.76. The normalized spacial score (nSPS) is 22.6. The fraction of sp³-hybridized carbons (Fsp3) is 0.400. The quantitative estimate of drug-likeness (QED) is 0.907. The number of hydrogen-bond acceptors (Lipinski definition) is 5. The van der Waals surface area contributed by atoms with Gasteiger partial charge >= 0.3 is 0 Å². The summed E-state index contributed by atoms with van der Waals surface area (Å²) in [6, 6.07) is 9.79. The van der Waals surface area contributed by atoms with Crippen molar-refractivity contribution in [2.45, 2.75) is 31.8 Å². The lowest BCUT2D eigenvalue weighted by molar-refractivity contribution is -0.0760. The summed E-state index contributed by atoms with van der Waals surface area (Å²) in [5.41, 5.74) is 6.32. The van der Waals surface area contributed by atoms with Gasteiger partial charge in [0, 0.05) is 12.2 Å². The molecule has 0 radical (unpaired) electrons. The molecule has 1 aliphatic rings. The highest BCUT2D eigenvalue weighted by Crippen LogP contribution is 2.33. The molecule has 0 saturated carbocycles. The standard InChI is InChI=1S/C15H18N4O/c1-15(9-5-6-10-20-15)13-17-12(18-14(16)19-13)11-7-3-2-4-8-11/h2-4,7-8H,5-6,9-10H2,1H3,(H2,16,17,18,19). The SMILES string of the molecule is CC1(c2nc(N)nc(-c3ccccc3)n2)CCCCO1. The van der Waals surface area contributed by atoms with Crippen molar-refractivity contribution in [2.75, 3.05) is 12.3 Å². The van der Waals surface area contributed by atoms with E-state index in [1.54, 1.807) is 0 Å². The van der Waals surface area contributed by atoms with E-state index < -0.39 is 5.60 Å². The molecule has 5 heteroatoms. The van der Waals surface area contributed by atoms with Crippen LogP contribution in [0.1, 0.15) is 32.0 Å². The van der Waals surface area contributed by atoms with Gasteiger partial charge in [0.15, 0.2) is 11.6 Å². The molecule has 5 nitrogen and oxygen atoms in total. The number of benzene rings is 1. The topological polar surface area (TPSA) is 73.9 Å². The molecule has 1 fully saturated rings. The Hall–Kier alpha value is -2.01. The molecular formula is C15H18N4O. The summed E-state index contributed by atoms with van der Waals surface area (Å²) in [4.78, 5) is 13.1. The van der Waals surface area contributed by atoms with E-state index in [1.807, 2.05) is 37.3 Å². The summed E-state index contributed by atoms with van der Waals surface area (Å²) in [6.07, 6.45) is 3.11. The first-order valence-electron chi connectivity index (χ1n) is 6.89. The molecule has 0 amide bonds. The van der Waals surface area contributed by atoms with Crippen LogP contribution in [0.5, 0.6) is 0 Å². The van der Waals surface area contributed by atoms with Crippen LogP contribution in [0.2, 0.25) is 0 Å². The Bertz CT molecular complexity index is 594. The van der Waals surface area contributed by atoms with E-state index in [0.29, 0.717) is 11.6 Å². The summed E-state index contributed by atoms with van der Waals surface area (Å²) in [5.74, 6) is 1.47. The van der Waals surface area contributed by atoms with Crippen LogP contribution in [0.25, 0.3) is 11.4 Å². The second kappa shape index (κ2) is 5.17. The maximum atomic E-state index is 5.89. The van der Waals surface area contributed by atoms with E-state index in [9.17, 15) is 0 Å². The molecule has 20 heavy (non-hydrogen) atoms. The molecule has 1 atom stereocenters. The molecule has 1 saturated heterocycles. The minimum atomic E-state index is -0.459. The molecule has 1 aromatic carbocycles. The number of hydrogen-bond donors (Lipinski definition) is 1. The molecule has 0 aliphatic carbocycles. The Morgan fingerprint density at radius 1 is 1.10 bits per heavy atom. The second-order valence-corrected chi connectivity index (χ2v) is 5.24. The number of aromatic nitrogens is 3. The number of nitrogens with two attached hydrogens (primary N) is 1. The van der Waals surface area contributed by atoms with E-state index in [-0.39, 0.29) is 5.95 Å². The number of nitrogen functional groups attached to an aromatic ring is 1. The summed E-state index contributed by atoms with van der Waals surface area (Å²) in [5, 5.41) is 0. The Morgan fingerprint density at radius 3 is 2.60 bits per heavy atom. The highest BCUT2D eigenvalue weighted by molar-refractivity contribution is 5.55. The first-order valence-corrected chi connectivity index (χ1v) is 6.89. The second-order valence-electron chi connectivity index (χ2n) is 5.24. The zero-order chi connectivity index (χ0) is 14.0. The average Bonchev–Trinajstić information content (AvgIpc) is 2.48. The molecule has 1 unspecified atom stereocenters. The third kappa shape index (κ3) is 2.49. The van der Waals surface area contributed by atoms with Gasteiger partial charge in [-0.15, -0.1) is 0 Å². The molecule has 1 aromatic heterocycles. The fourth-order valence-electron chi connectivity index (χ4n) is 2.46. The molecule has 104 valence electrons. The minimum absolute atomic E-state index is 0.240. The molecular weight excluding hydrogens is 252 g/mol. The van der Waals surface area contributed by atoms with Gasteiger partial charge in [0.05, 0.1) is 0 Å². The van der Waals surface area contributed by atoms with Crippen molar-refractivity contribution < 1.29 is 4.74 Å². The molecule has 1 aliphatic heterocycles. The van der Waals surface area contributed by atoms with Crippen molar-refractivity contribution in [3.05, 3.63) is 36.2 Å².